The van der Waals surface area contributed by atoms with E-state index in [0.717, 1.165) is 16.9 Å². The molecule has 1 heterocycles. The lowest BCUT2D eigenvalue weighted by atomic mass is 10.1. The van der Waals surface area contributed by atoms with Crippen LogP contribution < -0.4 is 10.6 Å². The Morgan fingerprint density at radius 2 is 2.18 bits per heavy atom. The van der Waals surface area contributed by atoms with Gasteiger partial charge in [0.2, 0.25) is 0 Å². The van der Waals surface area contributed by atoms with Crippen LogP contribution in [0, 0.1) is 0 Å². The molecule has 17 heavy (non-hydrogen) atoms. The second-order valence-corrected chi connectivity index (χ2v) is 3.65. The molecule has 1 amide bonds. The first-order valence-corrected chi connectivity index (χ1v) is 5.42. The van der Waals surface area contributed by atoms with Crippen LogP contribution in [0.5, 0.6) is 0 Å². The average Bonchev–Trinajstić information content (AvgIpc) is 2.65. The number of hydrogen-bond donors (Lipinski definition) is 2. The van der Waals surface area contributed by atoms with Crippen molar-refractivity contribution in [2.75, 3.05) is 5.32 Å². The van der Waals surface area contributed by atoms with Crippen molar-refractivity contribution in [1.82, 2.24) is 5.32 Å². The van der Waals surface area contributed by atoms with Crippen molar-refractivity contribution in [3.05, 3.63) is 60.5 Å². The van der Waals surface area contributed by atoms with Gasteiger partial charge in [0.25, 0.3) is 5.91 Å². The summed E-state index contributed by atoms with van der Waals surface area (Å²) < 4.78 is 0. The molecule has 0 bridgehead atoms. The molecule has 0 atom stereocenters. The lowest BCUT2D eigenvalue weighted by Gasteiger charge is -2.02. The topological polar surface area (TPSA) is 41.1 Å². The molecule has 0 saturated heterocycles. The highest BCUT2D eigenvalue weighted by atomic mass is 16.2. The van der Waals surface area contributed by atoms with Crippen molar-refractivity contribution in [3.8, 4) is 0 Å². The van der Waals surface area contributed by atoms with Gasteiger partial charge in [0.15, 0.2) is 0 Å². The average molecular weight is 226 g/mol. The van der Waals surface area contributed by atoms with Crippen molar-refractivity contribution in [2.24, 2.45) is 0 Å². The van der Waals surface area contributed by atoms with Gasteiger partial charge in [0.05, 0.1) is 5.57 Å². The van der Waals surface area contributed by atoms with E-state index >= 15 is 0 Å². The summed E-state index contributed by atoms with van der Waals surface area (Å²) in [6, 6.07) is 7.65. The Kier molecular flexibility index (Phi) is 3.10. The molecule has 86 valence electrons. The van der Waals surface area contributed by atoms with Crippen molar-refractivity contribution < 1.29 is 4.79 Å². The van der Waals surface area contributed by atoms with E-state index in [4.69, 9.17) is 0 Å². The van der Waals surface area contributed by atoms with E-state index in [0.29, 0.717) is 5.57 Å². The molecule has 0 aromatic heterocycles. The first kappa shape index (κ1) is 11.2. The fourth-order valence-electron chi connectivity index (χ4n) is 1.76. The summed E-state index contributed by atoms with van der Waals surface area (Å²) in [4.78, 5) is 11.8. The van der Waals surface area contributed by atoms with E-state index in [-0.39, 0.29) is 5.91 Å². The number of anilines is 1. The summed E-state index contributed by atoms with van der Waals surface area (Å²) in [7, 11) is 0. The maximum atomic E-state index is 11.8. The van der Waals surface area contributed by atoms with Gasteiger partial charge in [0.1, 0.15) is 0 Å². The van der Waals surface area contributed by atoms with Gasteiger partial charge in [-0.05, 0) is 25.3 Å². The Morgan fingerprint density at radius 1 is 1.41 bits per heavy atom. The number of hydrogen-bond acceptors (Lipinski definition) is 2. The Balaban J connectivity index is 2.42. The molecule has 1 aliphatic rings. The van der Waals surface area contributed by atoms with Crippen molar-refractivity contribution in [3.63, 3.8) is 0 Å². The van der Waals surface area contributed by atoms with Crippen LogP contribution in [-0.2, 0) is 4.79 Å². The number of carbonyl (C=O) groups excluding carboxylic acids is 1. The Hall–Kier alpha value is -2.29. The Bertz CT molecular complexity index is 527. The van der Waals surface area contributed by atoms with Gasteiger partial charge < -0.3 is 10.6 Å². The fourth-order valence-corrected chi connectivity index (χ4v) is 1.76. The molecule has 0 spiro atoms. The molecule has 0 saturated carbocycles. The van der Waals surface area contributed by atoms with Gasteiger partial charge in [0, 0.05) is 16.9 Å². The molecular formula is C14H14N2O. The van der Waals surface area contributed by atoms with E-state index in [9.17, 15) is 4.79 Å². The molecule has 2 N–H and O–H groups in total. The van der Waals surface area contributed by atoms with Crippen LogP contribution in [0.25, 0.3) is 5.57 Å². The van der Waals surface area contributed by atoms with E-state index in [1.807, 2.05) is 43.3 Å². The summed E-state index contributed by atoms with van der Waals surface area (Å²) in [5, 5.41) is 5.81. The molecule has 1 aromatic carbocycles. The smallest absolute Gasteiger partial charge is 0.256 e. The van der Waals surface area contributed by atoms with Crippen LogP contribution in [0.4, 0.5) is 5.69 Å². The molecule has 0 radical (unpaired) electrons. The molecule has 1 aromatic rings. The number of fused-ring (bicyclic) bond motifs is 1. The van der Waals surface area contributed by atoms with Crippen LogP contribution in [0.2, 0.25) is 0 Å². The van der Waals surface area contributed by atoms with Gasteiger partial charge in [-0.25, -0.2) is 0 Å². The van der Waals surface area contributed by atoms with Gasteiger partial charge in [-0.2, -0.15) is 0 Å². The summed E-state index contributed by atoms with van der Waals surface area (Å²) in [6.45, 7) is 5.51. The highest BCUT2D eigenvalue weighted by Gasteiger charge is 2.23. The third-order valence-electron chi connectivity index (χ3n) is 2.59. The molecule has 0 fully saturated rings. The standard InChI is InChI=1S/C14H14N2O/c1-3-10(15-4-2)9-12-11-7-5-6-8-13(11)16-14(12)17/h3-9,15H,2H2,1H3,(H,16,17)/b10-3-,12-9-. The number of rotatable bonds is 3. The lowest BCUT2D eigenvalue weighted by Crippen LogP contribution is -2.07. The number of amides is 1. The maximum Gasteiger partial charge on any atom is 0.256 e. The largest absolute Gasteiger partial charge is 0.363 e. The second-order valence-electron chi connectivity index (χ2n) is 3.65. The van der Waals surface area contributed by atoms with E-state index in [1.165, 1.54) is 0 Å². The molecule has 0 unspecified atom stereocenters. The van der Waals surface area contributed by atoms with Crippen LogP contribution >= 0.6 is 0 Å². The minimum Gasteiger partial charge on any atom is -0.363 e. The molecular weight excluding hydrogens is 212 g/mol. The van der Waals surface area contributed by atoms with Crippen LogP contribution in [0.3, 0.4) is 0 Å². The van der Waals surface area contributed by atoms with E-state index < -0.39 is 0 Å². The SMILES string of the molecule is C=CNC(=C\C)/C=C1\C(=O)Nc2ccccc21. The Morgan fingerprint density at radius 3 is 2.88 bits per heavy atom. The normalized spacial score (nSPS) is 16.6. The molecule has 0 aliphatic carbocycles. The lowest BCUT2D eigenvalue weighted by molar-refractivity contribution is -0.110. The zero-order chi connectivity index (χ0) is 12.3. The van der Waals surface area contributed by atoms with Crippen LogP contribution in [0.1, 0.15) is 12.5 Å². The summed E-state index contributed by atoms with van der Waals surface area (Å²) in [6.07, 6.45) is 5.30. The van der Waals surface area contributed by atoms with Crippen molar-refractivity contribution in [2.45, 2.75) is 6.92 Å². The number of carbonyl (C=O) groups is 1. The summed E-state index contributed by atoms with van der Waals surface area (Å²) in [5.41, 5.74) is 3.31. The first-order valence-electron chi connectivity index (χ1n) is 5.42. The van der Waals surface area contributed by atoms with Gasteiger partial charge in [-0.15, -0.1) is 0 Å². The second kappa shape index (κ2) is 4.70. The van der Waals surface area contributed by atoms with Crippen molar-refractivity contribution >= 4 is 17.2 Å². The summed E-state index contributed by atoms with van der Waals surface area (Å²) in [5.74, 6) is -0.0728. The van der Waals surface area contributed by atoms with E-state index in [2.05, 4.69) is 17.2 Å². The molecule has 1 aliphatic heterocycles. The molecule has 2 rings (SSSR count). The zero-order valence-corrected chi connectivity index (χ0v) is 9.66. The number of allylic oxidation sites excluding steroid dienone is 2. The van der Waals surface area contributed by atoms with Crippen LogP contribution in [-0.4, -0.2) is 5.91 Å². The first-order chi connectivity index (χ1) is 8.26. The molecule has 3 heteroatoms. The minimum absolute atomic E-state index is 0.0728. The predicted octanol–water partition coefficient (Wildman–Crippen LogP) is 2.66. The third kappa shape index (κ3) is 2.13. The monoisotopic (exact) mass is 226 g/mol. The minimum atomic E-state index is -0.0728. The fraction of sp³-hybridized carbons (Fsp3) is 0.0714. The van der Waals surface area contributed by atoms with Gasteiger partial charge >= 0.3 is 0 Å². The number of para-hydroxylation sites is 1. The van der Waals surface area contributed by atoms with Gasteiger partial charge in [-0.1, -0.05) is 30.9 Å². The molecule has 3 nitrogen and oxygen atoms in total. The zero-order valence-electron chi connectivity index (χ0n) is 9.66. The third-order valence-corrected chi connectivity index (χ3v) is 2.59. The van der Waals surface area contributed by atoms with Crippen LogP contribution in [0.15, 0.2) is 54.9 Å². The van der Waals surface area contributed by atoms with E-state index in [1.54, 1.807) is 6.20 Å². The number of nitrogens with one attached hydrogen (secondary N) is 2. The highest BCUT2D eigenvalue weighted by Crippen LogP contribution is 2.31. The quantitative estimate of drug-likeness (QED) is 0.778. The van der Waals surface area contributed by atoms with Crippen molar-refractivity contribution in [1.29, 1.82) is 0 Å². The number of benzene rings is 1. The predicted molar refractivity (Wildman–Crippen MR) is 70.1 cm³/mol. The maximum absolute atomic E-state index is 11.8. The highest BCUT2D eigenvalue weighted by molar-refractivity contribution is 6.31. The summed E-state index contributed by atoms with van der Waals surface area (Å²) >= 11 is 0. The van der Waals surface area contributed by atoms with Gasteiger partial charge in [-0.3, -0.25) is 4.79 Å². The Labute approximate surface area is 101 Å².